The third-order valence-corrected chi connectivity index (χ3v) is 6.05. The summed E-state index contributed by atoms with van der Waals surface area (Å²) in [6, 6.07) is 15.7. The Morgan fingerprint density at radius 1 is 1.17 bits per heavy atom. The number of nitrogens with one attached hydrogen (secondary N) is 1. The molecule has 0 saturated heterocycles. The predicted octanol–water partition coefficient (Wildman–Crippen LogP) is 3.31. The SMILES string of the molecule is COc1ccc(CCNC(=O)CSc2nnc3ccc(-c4cccs4)nn23)cc1. The fourth-order valence-electron chi connectivity index (χ4n) is 2.73. The van der Waals surface area contributed by atoms with Crippen molar-refractivity contribution in [2.45, 2.75) is 11.6 Å². The zero-order chi connectivity index (χ0) is 20.1. The van der Waals surface area contributed by atoms with Gasteiger partial charge in [-0.25, -0.2) is 0 Å². The highest BCUT2D eigenvalue weighted by molar-refractivity contribution is 7.99. The van der Waals surface area contributed by atoms with E-state index < -0.39 is 0 Å². The number of nitrogens with zero attached hydrogens (tertiary/aromatic N) is 4. The predicted molar refractivity (Wildman–Crippen MR) is 115 cm³/mol. The zero-order valence-corrected chi connectivity index (χ0v) is 17.4. The molecular weight excluding hydrogens is 406 g/mol. The molecular formula is C20H19N5O2S2. The summed E-state index contributed by atoms with van der Waals surface area (Å²) in [6.45, 7) is 0.576. The minimum Gasteiger partial charge on any atom is -0.497 e. The van der Waals surface area contributed by atoms with Crippen molar-refractivity contribution in [3.63, 3.8) is 0 Å². The first-order valence-electron chi connectivity index (χ1n) is 9.02. The van der Waals surface area contributed by atoms with Crippen LogP contribution in [0.3, 0.4) is 0 Å². The van der Waals surface area contributed by atoms with Gasteiger partial charge in [0, 0.05) is 6.54 Å². The summed E-state index contributed by atoms with van der Waals surface area (Å²) in [6.07, 6.45) is 0.764. The van der Waals surface area contributed by atoms with E-state index in [-0.39, 0.29) is 11.7 Å². The van der Waals surface area contributed by atoms with Gasteiger partial charge >= 0.3 is 0 Å². The Morgan fingerprint density at radius 3 is 2.79 bits per heavy atom. The summed E-state index contributed by atoms with van der Waals surface area (Å²) in [5.41, 5.74) is 2.67. The van der Waals surface area contributed by atoms with Crippen LogP contribution in [0.2, 0.25) is 0 Å². The minimum absolute atomic E-state index is 0.0466. The molecule has 0 spiro atoms. The van der Waals surface area contributed by atoms with Gasteiger partial charge < -0.3 is 10.1 Å². The second-order valence-electron chi connectivity index (χ2n) is 6.19. The van der Waals surface area contributed by atoms with Crippen LogP contribution < -0.4 is 10.1 Å². The van der Waals surface area contributed by atoms with Crippen LogP contribution in [0.15, 0.2) is 59.1 Å². The molecule has 0 radical (unpaired) electrons. The van der Waals surface area contributed by atoms with Gasteiger partial charge in [0.25, 0.3) is 0 Å². The monoisotopic (exact) mass is 425 g/mol. The number of fused-ring (bicyclic) bond motifs is 1. The number of carbonyl (C=O) groups excluding carboxylic acids is 1. The van der Waals surface area contributed by atoms with Crippen molar-refractivity contribution in [2.75, 3.05) is 19.4 Å². The first kappa shape index (κ1) is 19.4. The second kappa shape index (κ2) is 9.06. The maximum Gasteiger partial charge on any atom is 0.230 e. The van der Waals surface area contributed by atoms with Crippen LogP contribution >= 0.6 is 23.1 Å². The molecule has 0 unspecified atom stereocenters. The fraction of sp³-hybridized carbons (Fsp3) is 0.200. The number of ether oxygens (including phenoxy) is 1. The quantitative estimate of drug-likeness (QED) is 0.436. The van der Waals surface area contributed by atoms with Gasteiger partial charge in [-0.15, -0.1) is 21.5 Å². The molecule has 1 aromatic carbocycles. The van der Waals surface area contributed by atoms with Crippen LogP contribution in [0, 0.1) is 0 Å². The average Bonchev–Trinajstić information content (AvgIpc) is 3.42. The molecule has 0 aliphatic rings. The smallest absolute Gasteiger partial charge is 0.230 e. The van der Waals surface area contributed by atoms with Crippen LogP contribution in [0.25, 0.3) is 16.2 Å². The molecule has 3 heterocycles. The van der Waals surface area contributed by atoms with Gasteiger partial charge in [0.2, 0.25) is 11.1 Å². The van der Waals surface area contributed by atoms with Gasteiger partial charge in [-0.05, 0) is 47.7 Å². The summed E-state index contributed by atoms with van der Waals surface area (Å²) >= 11 is 2.95. The molecule has 0 aliphatic heterocycles. The summed E-state index contributed by atoms with van der Waals surface area (Å²) in [4.78, 5) is 13.3. The third kappa shape index (κ3) is 4.75. The lowest BCUT2D eigenvalue weighted by molar-refractivity contribution is -0.118. The van der Waals surface area contributed by atoms with Crippen molar-refractivity contribution >= 4 is 34.7 Å². The van der Waals surface area contributed by atoms with E-state index in [4.69, 9.17) is 4.74 Å². The van der Waals surface area contributed by atoms with E-state index in [1.54, 1.807) is 23.0 Å². The van der Waals surface area contributed by atoms with Gasteiger partial charge in [0.15, 0.2) is 5.65 Å². The number of aromatic nitrogens is 4. The van der Waals surface area contributed by atoms with Crippen LogP contribution in [-0.4, -0.2) is 45.1 Å². The van der Waals surface area contributed by atoms with Crippen molar-refractivity contribution < 1.29 is 9.53 Å². The number of thioether (sulfide) groups is 1. The fourth-order valence-corrected chi connectivity index (χ4v) is 4.14. The van der Waals surface area contributed by atoms with Crippen LogP contribution in [0.4, 0.5) is 0 Å². The van der Waals surface area contributed by atoms with E-state index in [0.717, 1.165) is 28.3 Å². The number of thiophene rings is 1. The van der Waals surface area contributed by atoms with Crippen molar-refractivity contribution in [1.29, 1.82) is 0 Å². The number of hydrogen-bond donors (Lipinski definition) is 1. The van der Waals surface area contributed by atoms with E-state index in [1.165, 1.54) is 11.8 Å². The number of methoxy groups -OCH3 is 1. The molecule has 4 rings (SSSR count). The second-order valence-corrected chi connectivity index (χ2v) is 8.08. The minimum atomic E-state index is -0.0466. The van der Waals surface area contributed by atoms with Crippen molar-refractivity contribution in [3.05, 3.63) is 59.5 Å². The lowest BCUT2D eigenvalue weighted by Crippen LogP contribution is -2.27. The third-order valence-electron chi connectivity index (χ3n) is 4.24. The van der Waals surface area contributed by atoms with Crippen LogP contribution in [0.5, 0.6) is 5.75 Å². The molecule has 7 nitrogen and oxygen atoms in total. The molecule has 3 aromatic heterocycles. The Balaban J connectivity index is 1.31. The van der Waals surface area contributed by atoms with E-state index >= 15 is 0 Å². The molecule has 0 atom stereocenters. The molecule has 9 heteroatoms. The molecule has 0 fully saturated rings. The first-order valence-corrected chi connectivity index (χ1v) is 10.9. The Kier molecular flexibility index (Phi) is 6.06. The molecule has 0 saturated carbocycles. The first-order chi connectivity index (χ1) is 14.2. The van der Waals surface area contributed by atoms with Gasteiger partial charge in [-0.2, -0.15) is 9.61 Å². The Labute approximate surface area is 176 Å². The van der Waals surface area contributed by atoms with Gasteiger partial charge in [0.1, 0.15) is 11.4 Å². The molecule has 1 N–H and O–H groups in total. The van der Waals surface area contributed by atoms with E-state index in [0.29, 0.717) is 17.3 Å². The van der Waals surface area contributed by atoms with Gasteiger partial charge in [-0.1, -0.05) is 30.0 Å². The standard InChI is InChI=1S/C20H19N5O2S2/c1-27-15-6-4-14(5-7-15)10-11-21-19(26)13-29-20-23-22-18-9-8-16(24-25(18)20)17-3-2-12-28-17/h2-9,12H,10-11,13H2,1H3,(H,21,26). The van der Waals surface area contributed by atoms with E-state index in [9.17, 15) is 4.79 Å². The Hall–Kier alpha value is -2.91. The summed E-state index contributed by atoms with van der Waals surface area (Å²) < 4.78 is 6.83. The molecule has 0 aliphatic carbocycles. The zero-order valence-electron chi connectivity index (χ0n) is 15.7. The number of amides is 1. The van der Waals surface area contributed by atoms with Crippen LogP contribution in [0.1, 0.15) is 5.56 Å². The largest absolute Gasteiger partial charge is 0.497 e. The van der Waals surface area contributed by atoms with E-state index in [2.05, 4.69) is 20.6 Å². The lowest BCUT2D eigenvalue weighted by atomic mass is 10.1. The molecule has 4 aromatic rings. The van der Waals surface area contributed by atoms with Crippen LogP contribution in [-0.2, 0) is 11.2 Å². The Morgan fingerprint density at radius 2 is 2.03 bits per heavy atom. The average molecular weight is 426 g/mol. The Bertz CT molecular complexity index is 1090. The number of benzene rings is 1. The summed E-state index contributed by atoms with van der Waals surface area (Å²) in [5, 5.41) is 18.4. The maximum atomic E-state index is 12.2. The van der Waals surface area contributed by atoms with Crippen molar-refractivity contribution in [2.24, 2.45) is 0 Å². The molecule has 148 valence electrons. The van der Waals surface area contributed by atoms with Crippen molar-refractivity contribution in [3.8, 4) is 16.3 Å². The maximum absolute atomic E-state index is 12.2. The van der Waals surface area contributed by atoms with Crippen molar-refractivity contribution in [1.82, 2.24) is 25.1 Å². The van der Waals surface area contributed by atoms with E-state index in [1.807, 2.05) is 53.9 Å². The molecule has 0 bridgehead atoms. The highest BCUT2D eigenvalue weighted by Gasteiger charge is 2.12. The number of hydrogen-bond acceptors (Lipinski definition) is 7. The van der Waals surface area contributed by atoms with Gasteiger partial charge in [0.05, 0.1) is 17.7 Å². The summed E-state index contributed by atoms with van der Waals surface area (Å²) in [7, 11) is 1.64. The van der Waals surface area contributed by atoms with Gasteiger partial charge in [-0.3, -0.25) is 4.79 Å². The highest BCUT2D eigenvalue weighted by atomic mass is 32.2. The number of rotatable bonds is 8. The topological polar surface area (TPSA) is 81.4 Å². The summed E-state index contributed by atoms with van der Waals surface area (Å²) in [5.74, 6) is 1.04. The highest BCUT2D eigenvalue weighted by Crippen LogP contribution is 2.24. The molecule has 29 heavy (non-hydrogen) atoms. The normalized spacial score (nSPS) is 10.9. The number of carbonyl (C=O) groups is 1. The molecule has 1 amide bonds. The lowest BCUT2D eigenvalue weighted by Gasteiger charge is -2.06.